The van der Waals surface area contributed by atoms with Crippen LogP contribution >= 0.6 is 0 Å². The predicted molar refractivity (Wildman–Crippen MR) is 127 cm³/mol. The molecule has 2 aromatic carbocycles. The normalized spacial score (nSPS) is 10.4. The van der Waals surface area contributed by atoms with E-state index >= 15 is 0 Å². The summed E-state index contributed by atoms with van der Waals surface area (Å²) in [5.74, 6) is 2.03. The van der Waals surface area contributed by atoms with Gasteiger partial charge in [0.25, 0.3) is 0 Å². The van der Waals surface area contributed by atoms with Crippen LogP contribution in [0.2, 0.25) is 0 Å². The van der Waals surface area contributed by atoms with Crippen molar-refractivity contribution in [3.05, 3.63) is 47.5 Å². The van der Waals surface area contributed by atoms with E-state index in [0.29, 0.717) is 61.9 Å². The van der Waals surface area contributed by atoms with Crippen LogP contribution < -0.4 is 18.9 Å². The van der Waals surface area contributed by atoms with Gasteiger partial charge in [-0.15, -0.1) is 0 Å². The Bertz CT molecular complexity index is 850. The Morgan fingerprint density at radius 1 is 0.588 bits per heavy atom. The molecule has 2 rings (SSSR count). The molecule has 0 saturated carbocycles. The van der Waals surface area contributed by atoms with Gasteiger partial charge >= 0.3 is 11.9 Å². The molecule has 186 valence electrons. The van der Waals surface area contributed by atoms with Crippen molar-refractivity contribution in [1.29, 1.82) is 0 Å². The molecule has 0 aliphatic carbocycles. The Morgan fingerprint density at radius 3 is 1.32 bits per heavy atom. The summed E-state index contributed by atoms with van der Waals surface area (Å²) in [6.45, 7) is 0.599. The van der Waals surface area contributed by atoms with E-state index in [-0.39, 0.29) is 24.8 Å². The summed E-state index contributed by atoms with van der Waals surface area (Å²) in [7, 11) is 6.31. The van der Waals surface area contributed by atoms with Gasteiger partial charge in [-0.25, -0.2) is 0 Å². The lowest BCUT2D eigenvalue weighted by Gasteiger charge is -2.10. The zero-order valence-electron chi connectivity index (χ0n) is 20.4. The van der Waals surface area contributed by atoms with Crippen molar-refractivity contribution < 1.29 is 38.0 Å². The maximum Gasteiger partial charge on any atom is 0.306 e. The minimum Gasteiger partial charge on any atom is -0.493 e. The Labute approximate surface area is 201 Å². The molecule has 0 bridgehead atoms. The Balaban J connectivity index is 1.56. The fourth-order valence-electron chi connectivity index (χ4n) is 3.29. The van der Waals surface area contributed by atoms with Crippen molar-refractivity contribution >= 4 is 11.9 Å². The third-order valence-electron chi connectivity index (χ3n) is 5.20. The molecule has 0 aromatic heterocycles. The number of carbonyl (C=O) groups excluding carboxylic acids is 2. The van der Waals surface area contributed by atoms with E-state index in [1.165, 1.54) is 0 Å². The number of ether oxygens (including phenoxy) is 6. The molecule has 0 amide bonds. The highest BCUT2D eigenvalue weighted by atomic mass is 16.5. The number of aryl methyl sites for hydroxylation is 2. The van der Waals surface area contributed by atoms with Crippen molar-refractivity contribution in [2.45, 2.75) is 38.5 Å². The first-order chi connectivity index (χ1) is 16.5. The summed E-state index contributed by atoms with van der Waals surface area (Å²) in [5.41, 5.74) is 1.93. The smallest absolute Gasteiger partial charge is 0.306 e. The second-order valence-electron chi connectivity index (χ2n) is 7.53. The molecule has 2 aromatic rings. The second-order valence-corrected chi connectivity index (χ2v) is 7.53. The maximum atomic E-state index is 12.0. The van der Waals surface area contributed by atoms with E-state index in [1.807, 2.05) is 36.4 Å². The highest BCUT2D eigenvalue weighted by Crippen LogP contribution is 2.29. The lowest BCUT2D eigenvalue weighted by Crippen LogP contribution is -2.10. The predicted octanol–water partition coefficient (Wildman–Crippen LogP) is 4.15. The standard InChI is InChI=1S/C26H34O8/c1-29-21-11-7-19(17-23(21)31-3)9-13-25(27)33-15-5-6-16-34-26(28)14-10-20-8-12-22(30-2)24(18-20)32-4/h7-8,11-12,17-18H,5-6,9-10,13-16H2,1-4H3. The van der Waals surface area contributed by atoms with Gasteiger partial charge < -0.3 is 28.4 Å². The fraction of sp³-hybridized carbons (Fsp3) is 0.462. The monoisotopic (exact) mass is 474 g/mol. The highest BCUT2D eigenvalue weighted by molar-refractivity contribution is 5.70. The van der Waals surface area contributed by atoms with Gasteiger partial charge in [0.2, 0.25) is 0 Å². The van der Waals surface area contributed by atoms with Crippen molar-refractivity contribution in [2.75, 3.05) is 41.7 Å². The van der Waals surface area contributed by atoms with Crippen LogP contribution in [0, 0.1) is 0 Å². The molecule has 0 aliphatic heterocycles. The molecule has 0 heterocycles. The summed E-state index contributed by atoms with van der Waals surface area (Å²) in [6.07, 6.45) is 2.92. The quantitative estimate of drug-likeness (QED) is 0.281. The number of unbranched alkanes of at least 4 members (excludes halogenated alkanes) is 1. The largest absolute Gasteiger partial charge is 0.493 e. The van der Waals surface area contributed by atoms with Crippen LogP contribution in [0.25, 0.3) is 0 Å². The zero-order valence-corrected chi connectivity index (χ0v) is 20.4. The Hall–Kier alpha value is -3.42. The molecule has 8 nitrogen and oxygen atoms in total. The summed E-state index contributed by atoms with van der Waals surface area (Å²) >= 11 is 0. The average Bonchev–Trinajstić information content (AvgIpc) is 2.87. The van der Waals surface area contributed by atoms with Crippen molar-refractivity contribution in [3.63, 3.8) is 0 Å². The number of hydrogen-bond acceptors (Lipinski definition) is 8. The van der Waals surface area contributed by atoms with E-state index in [4.69, 9.17) is 28.4 Å². The molecule has 0 aliphatic rings. The minimum absolute atomic E-state index is 0.262. The van der Waals surface area contributed by atoms with Crippen LogP contribution in [-0.4, -0.2) is 53.6 Å². The third kappa shape index (κ3) is 8.84. The first kappa shape index (κ1) is 26.8. The average molecular weight is 475 g/mol. The van der Waals surface area contributed by atoms with Crippen LogP contribution in [0.15, 0.2) is 36.4 Å². The number of carbonyl (C=O) groups is 2. The van der Waals surface area contributed by atoms with Gasteiger partial charge in [-0.05, 0) is 61.1 Å². The van der Waals surface area contributed by atoms with E-state index in [1.54, 1.807) is 28.4 Å². The molecule has 0 atom stereocenters. The van der Waals surface area contributed by atoms with Gasteiger partial charge in [-0.1, -0.05) is 12.1 Å². The topological polar surface area (TPSA) is 89.5 Å². The van der Waals surface area contributed by atoms with Crippen LogP contribution in [-0.2, 0) is 31.9 Å². The van der Waals surface area contributed by atoms with Gasteiger partial charge in [0.1, 0.15) is 0 Å². The van der Waals surface area contributed by atoms with E-state index in [2.05, 4.69) is 0 Å². The van der Waals surface area contributed by atoms with Crippen LogP contribution in [0.3, 0.4) is 0 Å². The summed E-state index contributed by atoms with van der Waals surface area (Å²) in [6, 6.07) is 11.1. The van der Waals surface area contributed by atoms with Gasteiger partial charge in [0.15, 0.2) is 23.0 Å². The molecule has 0 unspecified atom stereocenters. The Kier molecular flexibility index (Phi) is 11.6. The van der Waals surface area contributed by atoms with Crippen molar-refractivity contribution in [1.82, 2.24) is 0 Å². The number of benzene rings is 2. The Morgan fingerprint density at radius 2 is 0.971 bits per heavy atom. The molecule has 34 heavy (non-hydrogen) atoms. The van der Waals surface area contributed by atoms with Gasteiger partial charge in [0, 0.05) is 12.8 Å². The lowest BCUT2D eigenvalue weighted by molar-refractivity contribution is -0.146. The van der Waals surface area contributed by atoms with Gasteiger partial charge in [-0.2, -0.15) is 0 Å². The molecule has 8 heteroatoms. The van der Waals surface area contributed by atoms with Crippen molar-refractivity contribution in [3.8, 4) is 23.0 Å². The van der Waals surface area contributed by atoms with Crippen LogP contribution in [0.5, 0.6) is 23.0 Å². The van der Waals surface area contributed by atoms with Gasteiger partial charge in [-0.3, -0.25) is 9.59 Å². The van der Waals surface area contributed by atoms with E-state index in [0.717, 1.165) is 11.1 Å². The molecule has 0 N–H and O–H groups in total. The minimum atomic E-state index is -0.262. The fourth-order valence-corrected chi connectivity index (χ4v) is 3.29. The number of methoxy groups -OCH3 is 4. The number of rotatable bonds is 15. The first-order valence-electron chi connectivity index (χ1n) is 11.2. The second kappa shape index (κ2) is 14.7. The molecule has 0 fully saturated rings. The molecular formula is C26H34O8. The highest BCUT2D eigenvalue weighted by Gasteiger charge is 2.09. The van der Waals surface area contributed by atoms with E-state index < -0.39 is 0 Å². The summed E-state index contributed by atoms with van der Waals surface area (Å²) < 4.78 is 31.5. The number of esters is 2. The maximum absolute atomic E-state index is 12.0. The van der Waals surface area contributed by atoms with Gasteiger partial charge in [0.05, 0.1) is 41.7 Å². The molecule has 0 radical (unpaired) electrons. The molecular weight excluding hydrogens is 440 g/mol. The zero-order chi connectivity index (χ0) is 24.8. The SMILES string of the molecule is COc1ccc(CCC(=O)OCCCCOC(=O)CCc2ccc(OC)c(OC)c2)cc1OC. The number of hydrogen-bond donors (Lipinski definition) is 0. The molecule has 0 saturated heterocycles. The van der Waals surface area contributed by atoms with Crippen molar-refractivity contribution in [2.24, 2.45) is 0 Å². The first-order valence-corrected chi connectivity index (χ1v) is 11.2. The van der Waals surface area contributed by atoms with Crippen LogP contribution in [0.1, 0.15) is 36.8 Å². The third-order valence-corrected chi connectivity index (χ3v) is 5.20. The molecule has 0 spiro atoms. The van der Waals surface area contributed by atoms with E-state index in [9.17, 15) is 9.59 Å². The van der Waals surface area contributed by atoms with Crippen LogP contribution in [0.4, 0.5) is 0 Å². The lowest BCUT2D eigenvalue weighted by atomic mass is 10.1. The summed E-state index contributed by atoms with van der Waals surface area (Å²) in [5, 5.41) is 0. The summed E-state index contributed by atoms with van der Waals surface area (Å²) in [4.78, 5) is 23.9.